The van der Waals surface area contributed by atoms with Gasteiger partial charge in [-0.05, 0) is 34.5 Å². The second-order valence-electron chi connectivity index (χ2n) is 3.08. The van der Waals surface area contributed by atoms with Gasteiger partial charge in [0, 0.05) is 14.8 Å². The standard InChI is InChI=1S/C11H7Br2Cl/c12-6-7-1-2-8-4-9(14)5-11(13)10(8)3-7/h1-5H,6H2. The number of hydrogen-bond donors (Lipinski definition) is 0. The molecule has 0 bridgehead atoms. The summed E-state index contributed by atoms with van der Waals surface area (Å²) in [6.07, 6.45) is 0. The Morgan fingerprint density at radius 2 is 1.93 bits per heavy atom. The van der Waals surface area contributed by atoms with Crippen LogP contribution in [0.25, 0.3) is 10.8 Å². The van der Waals surface area contributed by atoms with E-state index < -0.39 is 0 Å². The first-order valence-corrected chi connectivity index (χ1v) is 6.43. The first-order valence-electron chi connectivity index (χ1n) is 4.14. The first kappa shape index (κ1) is 10.5. The maximum Gasteiger partial charge on any atom is 0.0423 e. The van der Waals surface area contributed by atoms with Gasteiger partial charge in [-0.15, -0.1) is 0 Å². The van der Waals surface area contributed by atoms with Crippen molar-refractivity contribution in [1.29, 1.82) is 0 Å². The highest BCUT2D eigenvalue weighted by Crippen LogP contribution is 2.29. The third kappa shape index (κ3) is 1.97. The van der Waals surface area contributed by atoms with Gasteiger partial charge in [0.15, 0.2) is 0 Å². The molecule has 0 aromatic heterocycles. The average Bonchev–Trinajstić information content (AvgIpc) is 2.17. The predicted molar refractivity (Wildman–Crippen MR) is 69.3 cm³/mol. The van der Waals surface area contributed by atoms with E-state index in [2.05, 4.69) is 50.1 Å². The number of alkyl halides is 1. The van der Waals surface area contributed by atoms with E-state index in [0.717, 1.165) is 20.2 Å². The van der Waals surface area contributed by atoms with Gasteiger partial charge in [-0.3, -0.25) is 0 Å². The lowest BCUT2D eigenvalue weighted by atomic mass is 10.1. The van der Waals surface area contributed by atoms with Gasteiger partial charge in [-0.2, -0.15) is 0 Å². The van der Waals surface area contributed by atoms with Crippen LogP contribution >= 0.6 is 43.5 Å². The van der Waals surface area contributed by atoms with Crippen molar-refractivity contribution in [1.82, 2.24) is 0 Å². The van der Waals surface area contributed by atoms with Crippen LogP contribution in [-0.4, -0.2) is 0 Å². The van der Waals surface area contributed by atoms with E-state index in [9.17, 15) is 0 Å². The number of hydrogen-bond acceptors (Lipinski definition) is 0. The Hall–Kier alpha value is -0.0500. The van der Waals surface area contributed by atoms with Crippen LogP contribution in [0.4, 0.5) is 0 Å². The Morgan fingerprint density at radius 1 is 1.14 bits per heavy atom. The van der Waals surface area contributed by atoms with Crippen molar-refractivity contribution in [3.8, 4) is 0 Å². The van der Waals surface area contributed by atoms with Gasteiger partial charge in [-0.25, -0.2) is 0 Å². The van der Waals surface area contributed by atoms with Gasteiger partial charge in [0.1, 0.15) is 0 Å². The molecule has 0 atom stereocenters. The Labute approximate surface area is 105 Å². The minimum atomic E-state index is 0.760. The molecule has 2 aromatic rings. The summed E-state index contributed by atoms with van der Waals surface area (Å²) >= 11 is 12.9. The summed E-state index contributed by atoms with van der Waals surface area (Å²) in [5.74, 6) is 0. The molecule has 0 heterocycles. The average molecular weight is 334 g/mol. The molecular weight excluding hydrogens is 327 g/mol. The predicted octanol–water partition coefficient (Wildman–Crippen LogP) is 5.15. The molecule has 72 valence electrons. The molecule has 0 spiro atoms. The minimum absolute atomic E-state index is 0.760. The van der Waals surface area contributed by atoms with Gasteiger partial charge in [0.05, 0.1) is 0 Å². The molecular formula is C11H7Br2Cl. The molecule has 3 heteroatoms. The topological polar surface area (TPSA) is 0 Å². The molecule has 2 aromatic carbocycles. The molecule has 0 aliphatic carbocycles. The summed E-state index contributed by atoms with van der Waals surface area (Å²) in [6, 6.07) is 10.2. The fraction of sp³-hybridized carbons (Fsp3) is 0.0909. The lowest BCUT2D eigenvalue weighted by Gasteiger charge is -2.03. The second kappa shape index (κ2) is 4.21. The van der Waals surface area contributed by atoms with Gasteiger partial charge in [0.25, 0.3) is 0 Å². The zero-order valence-corrected chi connectivity index (χ0v) is 11.2. The van der Waals surface area contributed by atoms with Crippen molar-refractivity contribution in [2.75, 3.05) is 0 Å². The van der Waals surface area contributed by atoms with Crippen LogP contribution < -0.4 is 0 Å². The number of fused-ring (bicyclic) bond motifs is 1. The minimum Gasteiger partial charge on any atom is -0.0876 e. The molecule has 0 fully saturated rings. The molecule has 0 nitrogen and oxygen atoms in total. The molecule has 0 aliphatic rings. The van der Waals surface area contributed by atoms with Crippen molar-refractivity contribution >= 4 is 54.2 Å². The Kier molecular flexibility index (Phi) is 3.15. The van der Waals surface area contributed by atoms with Crippen molar-refractivity contribution in [3.05, 3.63) is 45.4 Å². The summed E-state index contributed by atoms with van der Waals surface area (Å²) in [6.45, 7) is 0. The largest absolute Gasteiger partial charge is 0.0876 e. The monoisotopic (exact) mass is 332 g/mol. The molecule has 0 amide bonds. The molecule has 14 heavy (non-hydrogen) atoms. The Balaban J connectivity index is 2.75. The molecule has 0 unspecified atom stereocenters. The summed E-state index contributed by atoms with van der Waals surface area (Å²) in [7, 11) is 0. The Morgan fingerprint density at radius 3 is 2.64 bits per heavy atom. The van der Waals surface area contributed by atoms with Crippen LogP contribution in [-0.2, 0) is 5.33 Å². The van der Waals surface area contributed by atoms with Crippen LogP contribution in [0, 0.1) is 0 Å². The van der Waals surface area contributed by atoms with Crippen LogP contribution in [0.1, 0.15) is 5.56 Å². The number of benzene rings is 2. The quantitative estimate of drug-likeness (QED) is 0.633. The van der Waals surface area contributed by atoms with E-state index in [4.69, 9.17) is 11.6 Å². The van der Waals surface area contributed by atoms with Crippen LogP contribution in [0.15, 0.2) is 34.8 Å². The zero-order chi connectivity index (χ0) is 10.1. The van der Waals surface area contributed by atoms with E-state index in [1.807, 2.05) is 12.1 Å². The van der Waals surface area contributed by atoms with Crippen LogP contribution in [0.5, 0.6) is 0 Å². The number of rotatable bonds is 1. The summed E-state index contributed by atoms with van der Waals surface area (Å²) in [5.41, 5.74) is 1.26. The van der Waals surface area contributed by atoms with Crippen molar-refractivity contribution in [2.24, 2.45) is 0 Å². The third-order valence-corrected chi connectivity index (χ3v) is 3.61. The number of halogens is 3. The molecule has 2 rings (SSSR count). The molecule has 0 N–H and O–H groups in total. The van der Waals surface area contributed by atoms with Crippen molar-refractivity contribution in [3.63, 3.8) is 0 Å². The van der Waals surface area contributed by atoms with E-state index in [0.29, 0.717) is 0 Å². The van der Waals surface area contributed by atoms with Gasteiger partial charge >= 0.3 is 0 Å². The van der Waals surface area contributed by atoms with Gasteiger partial charge in [-0.1, -0.05) is 55.6 Å². The lowest BCUT2D eigenvalue weighted by molar-refractivity contribution is 1.46. The molecule has 0 radical (unpaired) electrons. The van der Waals surface area contributed by atoms with Crippen molar-refractivity contribution in [2.45, 2.75) is 5.33 Å². The fourth-order valence-corrected chi connectivity index (χ4v) is 2.71. The van der Waals surface area contributed by atoms with Crippen molar-refractivity contribution < 1.29 is 0 Å². The van der Waals surface area contributed by atoms with E-state index >= 15 is 0 Å². The van der Waals surface area contributed by atoms with Crippen LogP contribution in [0.2, 0.25) is 5.02 Å². The maximum absolute atomic E-state index is 5.96. The summed E-state index contributed by atoms with van der Waals surface area (Å²) in [5, 5.41) is 3.99. The first-order chi connectivity index (χ1) is 6.70. The second-order valence-corrected chi connectivity index (χ2v) is 4.93. The zero-order valence-electron chi connectivity index (χ0n) is 7.23. The van der Waals surface area contributed by atoms with E-state index in [1.54, 1.807) is 0 Å². The summed E-state index contributed by atoms with van der Waals surface area (Å²) < 4.78 is 1.04. The maximum atomic E-state index is 5.96. The lowest BCUT2D eigenvalue weighted by Crippen LogP contribution is -1.80. The smallest absolute Gasteiger partial charge is 0.0423 e. The SMILES string of the molecule is Clc1cc(Br)c2cc(CBr)ccc2c1. The molecule has 0 saturated carbocycles. The molecule has 0 saturated heterocycles. The summed E-state index contributed by atoms with van der Waals surface area (Å²) in [4.78, 5) is 0. The van der Waals surface area contributed by atoms with Gasteiger partial charge < -0.3 is 0 Å². The third-order valence-electron chi connectivity index (χ3n) is 2.09. The van der Waals surface area contributed by atoms with Crippen LogP contribution in [0.3, 0.4) is 0 Å². The highest BCUT2D eigenvalue weighted by molar-refractivity contribution is 9.10. The van der Waals surface area contributed by atoms with Gasteiger partial charge in [0.2, 0.25) is 0 Å². The van der Waals surface area contributed by atoms with E-state index in [-0.39, 0.29) is 0 Å². The molecule has 0 aliphatic heterocycles. The highest BCUT2D eigenvalue weighted by atomic mass is 79.9. The Bertz CT molecular complexity index is 480. The highest BCUT2D eigenvalue weighted by Gasteiger charge is 2.01. The fourth-order valence-electron chi connectivity index (χ4n) is 1.41. The van der Waals surface area contributed by atoms with E-state index in [1.165, 1.54) is 10.9 Å². The normalized spacial score (nSPS) is 10.8.